The average molecular weight is 369 g/mol. The molecule has 0 bridgehead atoms. The van der Waals surface area contributed by atoms with Gasteiger partial charge in [-0.2, -0.15) is 5.10 Å². The number of nitrogens with one attached hydrogen (secondary N) is 2. The van der Waals surface area contributed by atoms with Crippen LogP contribution in [0.1, 0.15) is 31.4 Å². The molecular formula is C21H32N6. The predicted octanol–water partition coefficient (Wildman–Crippen LogP) is 2.33. The molecule has 6 nitrogen and oxygen atoms in total. The Labute approximate surface area is 162 Å². The molecule has 0 amide bonds. The van der Waals surface area contributed by atoms with Gasteiger partial charge in [0.15, 0.2) is 5.96 Å². The number of benzene rings is 1. The summed E-state index contributed by atoms with van der Waals surface area (Å²) in [7, 11) is 0. The Hall–Kier alpha value is -2.34. The van der Waals surface area contributed by atoms with Crippen LogP contribution in [-0.4, -0.2) is 53.4 Å². The maximum absolute atomic E-state index is 4.82. The van der Waals surface area contributed by atoms with Gasteiger partial charge in [-0.25, -0.2) is 4.99 Å². The zero-order valence-electron chi connectivity index (χ0n) is 16.6. The van der Waals surface area contributed by atoms with Crippen molar-refractivity contribution < 1.29 is 0 Å². The standard InChI is InChI=1S/C21H32N6/c1-3-22-21(23-14-18-10-13-26(4-2)16-18)24-15-19-8-5-6-9-20(19)17-27-12-7-11-25-27/h5-9,11-12,18H,3-4,10,13-17H2,1-2H3,(H2,22,23,24). The van der Waals surface area contributed by atoms with Crippen molar-refractivity contribution in [3.05, 3.63) is 53.9 Å². The molecule has 146 valence electrons. The first-order valence-electron chi connectivity index (χ1n) is 10.1. The normalized spacial score (nSPS) is 18.0. The summed E-state index contributed by atoms with van der Waals surface area (Å²) in [5, 5.41) is 11.2. The van der Waals surface area contributed by atoms with Crippen molar-refractivity contribution >= 4 is 5.96 Å². The number of likely N-dealkylation sites (tertiary alicyclic amines) is 1. The SMILES string of the molecule is CCNC(=NCc1ccccc1Cn1cccn1)NCC1CCN(CC)C1. The maximum atomic E-state index is 4.82. The van der Waals surface area contributed by atoms with Crippen LogP contribution >= 0.6 is 0 Å². The van der Waals surface area contributed by atoms with Gasteiger partial charge in [0.05, 0.1) is 13.1 Å². The Bertz CT molecular complexity index is 709. The van der Waals surface area contributed by atoms with Crippen LogP contribution in [0, 0.1) is 5.92 Å². The van der Waals surface area contributed by atoms with Crippen LogP contribution in [0.2, 0.25) is 0 Å². The highest BCUT2D eigenvalue weighted by Crippen LogP contribution is 2.15. The third kappa shape index (κ3) is 5.82. The molecule has 27 heavy (non-hydrogen) atoms. The molecule has 2 aromatic rings. The first-order valence-corrected chi connectivity index (χ1v) is 10.1. The van der Waals surface area contributed by atoms with Crippen molar-refractivity contribution in [1.29, 1.82) is 0 Å². The van der Waals surface area contributed by atoms with E-state index in [2.05, 4.69) is 58.7 Å². The number of hydrogen-bond donors (Lipinski definition) is 2. The third-order valence-electron chi connectivity index (χ3n) is 5.14. The summed E-state index contributed by atoms with van der Waals surface area (Å²) in [6, 6.07) is 10.4. The van der Waals surface area contributed by atoms with E-state index >= 15 is 0 Å². The average Bonchev–Trinajstić information content (AvgIpc) is 3.37. The highest BCUT2D eigenvalue weighted by molar-refractivity contribution is 5.79. The van der Waals surface area contributed by atoms with Crippen molar-refractivity contribution in [3.8, 4) is 0 Å². The quantitative estimate of drug-likeness (QED) is 0.555. The fourth-order valence-electron chi connectivity index (χ4n) is 3.55. The van der Waals surface area contributed by atoms with Gasteiger partial charge in [-0.15, -0.1) is 0 Å². The summed E-state index contributed by atoms with van der Waals surface area (Å²) < 4.78 is 1.95. The van der Waals surface area contributed by atoms with E-state index in [9.17, 15) is 0 Å². The van der Waals surface area contributed by atoms with E-state index in [1.807, 2.05) is 23.1 Å². The largest absolute Gasteiger partial charge is 0.357 e. The van der Waals surface area contributed by atoms with E-state index in [-0.39, 0.29) is 0 Å². The maximum Gasteiger partial charge on any atom is 0.191 e. The topological polar surface area (TPSA) is 57.5 Å². The second kappa shape index (κ2) is 10.1. The molecule has 0 spiro atoms. The molecule has 1 aliphatic rings. The zero-order chi connectivity index (χ0) is 18.9. The van der Waals surface area contributed by atoms with Gasteiger partial charge in [0, 0.05) is 32.0 Å². The Morgan fingerprint density at radius 3 is 2.74 bits per heavy atom. The molecule has 0 aliphatic carbocycles. The number of rotatable bonds is 8. The molecule has 1 fully saturated rings. The fraction of sp³-hybridized carbons (Fsp3) is 0.524. The Kier molecular flexibility index (Phi) is 7.27. The van der Waals surface area contributed by atoms with E-state index < -0.39 is 0 Å². The number of hydrogen-bond acceptors (Lipinski definition) is 3. The van der Waals surface area contributed by atoms with E-state index in [1.54, 1.807) is 0 Å². The van der Waals surface area contributed by atoms with Crippen molar-refractivity contribution in [2.75, 3.05) is 32.7 Å². The van der Waals surface area contributed by atoms with Gasteiger partial charge in [-0.05, 0) is 49.5 Å². The van der Waals surface area contributed by atoms with Gasteiger partial charge < -0.3 is 15.5 Å². The summed E-state index contributed by atoms with van der Waals surface area (Å²) in [5.74, 6) is 1.61. The molecule has 2 N–H and O–H groups in total. The molecule has 1 unspecified atom stereocenters. The fourth-order valence-corrected chi connectivity index (χ4v) is 3.55. The van der Waals surface area contributed by atoms with Crippen LogP contribution in [0.15, 0.2) is 47.7 Å². The van der Waals surface area contributed by atoms with E-state index in [4.69, 9.17) is 4.99 Å². The van der Waals surface area contributed by atoms with Crippen molar-refractivity contribution in [2.24, 2.45) is 10.9 Å². The molecule has 0 saturated carbocycles. The van der Waals surface area contributed by atoms with E-state index in [1.165, 1.54) is 30.6 Å². The summed E-state index contributed by atoms with van der Waals surface area (Å²) in [6.07, 6.45) is 5.08. The second-order valence-electron chi connectivity index (χ2n) is 7.10. The van der Waals surface area contributed by atoms with Gasteiger partial charge in [-0.1, -0.05) is 31.2 Å². The first kappa shape index (κ1) is 19.4. The molecule has 3 rings (SSSR count). The minimum absolute atomic E-state index is 0.665. The zero-order valence-corrected chi connectivity index (χ0v) is 16.6. The first-order chi connectivity index (χ1) is 13.3. The Morgan fingerprint density at radius 2 is 2.04 bits per heavy atom. The van der Waals surface area contributed by atoms with Crippen LogP contribution in [0.5, 0.6) is 0 Å². The van der Waals surface area contributed by atoms with Crippen LogP contribution in [-0.2, 0) is 13.1 Å². The molecular weight excluding hydrogens is 336 g/mol. The monoisotopic (exact) mass is 368 g/mol. The number of aromatic nitrogens is 2. The van der Waals surface area contributed by atoms with Gasteiger partial charge in [-0.3, -0.25) is 4.68 Å². The van der Waals surface area contributed by atoms with Gasteiger partial charge >= 0.3 is 0 Å². The summed E-state index contributed by atoms with van der Waals surface area (Å²) >= 11 is 0. The minimum atomic E-state index is 0.665. The number of guanidine groups is 1. The van der Waals surface area contributed by atoms with Crippen LogP contribution in [0.4, 0.5) is 0 Å². The molecule has 1 atom stereocenters. The highest BCUT2D eigenvalue weighted by atomic mass is 15.3. The van der Waals surface area contributed by atoms with Gasteiger partial charge in [0.1, 0.15) is 0 Å². The molecule has 1 saturated heterocycles. The van der Waals surface area contributed by atoms with Crippen LogP contribution in [0.3, 0.4) is 0 Å². The molecule has 2 heterocycles. The lowest BCUT2D eigenvalue weighted by Crippen LogP contribution is -2.40. The Morgan fingerprint density at radius 1 is 1.19 bits per heavy atom. The summed E-state index contributed by atoms with van der Waals surface area (Å²) in [6.45, 7) is 11.2. The molecule has 0 radical (unpaired) electrons. The van der Waals surface area contributed by atoms with Crippen molar-refractivity contribution in [1.82, 2.24) is 25.3 Å². The minimum Gasteiger partial charge on any atom is -0.357 e. The van der Waals surface area contributed by atoms with E-state index in [0.717, 1.165) is 32.1 Å². The van der Waals surface area contributed by atoms with Crippen molar-refractivity contribution in [3.63, 3.8) is 0 Å². The highest BCUT2D eigenvalue weighted by Gasteiger charge is 2.20. The molecule has 1 aliphatic heterocycles. The lowest BCUT2D eigenvalue weighted by atomic mass is 10.1. The smallest absolute Gasteiger partial charge is 0.191 e. The molecule has 1 aromatic carbocycles. The lowest BCUT2D eigenvalue weighted by molar-refractivity contribution is 0.342. The summed E-state index contributed by atoms with van der Waals surface area (Å²) in [4.78, 5) is 7.34. The van der Waals surface area contributed by atoms with Crippen LogP contribution in [0.25, 0.3) is 0 Å². The van der Waals surface area contributed by atoms with Crippen molar-refractivity contribution in [2.45, 2.75) is 33.4 Å². The molecule has 6 heteroatoms. The second-order valence-corrected chi connectivity index (χ2v) is 7.10. The van der Waals surface area contributed by atoms with Gasteiger partial charge in [0.2, 0.25) is 0 Å². The third-order valence-corrected chi connectivity index (χ3v) is 5.14. The Balaban J connectivity index is 1.59. The summed E-state index contributed by atoms with van der Waals surface area (Å²) in [5.41, 5.74) is 2.50. The van der Waals surface area contributed by atoms with Crippen LogP contribution < -0.4 is 10.6 Å². The molecule has 1 aromatic heterocycles. The lowest BCUT2D eigenvalue weighted by Gasteiger charge is -2.16. The number of aliphatic imine (C=N–C) groups is 1. The van der Waals surface area contributed by atoms with Gasteiger partial charge in [0.25, 0.3) is 0 Å². The van der Waals surface area contributed by atoms with E-state index in [0.29, 0.717) is 12.5 Å². The predicted molar refractivity (Wildman–Crippen MR) is 111 cm³/mol. The number of nitrogens with zero attached hydrogens (tertiary/aromatic N) is 4.